The molecule has 3 rings (SSSR count). The van der Waals surface area contributed by atoms with Crippen LogP contribution < -0.4 is 5.32 Å². The zero-order valence-electron chi connectivity index (χ0n) is 13.1. The molecule has 1 saturated carbocycles. The minimum Gasteiger partial charge on any atom is -0.396 e. The first-order chi connectivity index (χ1) is 10.8. The SMILES string of the molecule is Cc1ccc(C2CC(NCC(CO)c3cccnc3)C2)cc1. The zero-order valence-corrected chi connectivity index (χ0v) is 13.1. The standard InChI is InChI=1S/C19H24N2O/c1-14-4-6-15(7-5-14)17-9-19(10-17)21-12-18(13-22)16-3-2-8-20-11-16/h2-8,11,17-19,21-22H,9-10,12-13H2,1H3. The van der Waals surface area contributed by atoms with E-state index in [0.717, 1.165) is 12.1 Å². The predicted molar refractivity (Wildman–Crippen MR) is 89.0 cm³/mol. The number of aromatic nitrogens is 1. The molecule has 0 spiro atoms. The van der Waals surface area contributed by atoms with Crippen molar-refractivity contribution >= 4 is 0 Å². The molecule has 1 fully saturated rings. The summed E-state index contributed by atoms with van der Waals surface area (Å²) in [6, 6.07) is 13.4. The third kappa shape index (κ3) is 3.54. The Morgan fingerprint density at radius 3 is 2.64 bits per heavy atom. The number of nitrogens with one attached hydrogen (secondary N) is 1. The van der Waals surface area contributed by atoms with Gasteiger partial charge in [0.15, 0.2) is 0 Å². The first-order valence-electron chi connectivity index (χ1n) is 8.07. The number of hydrogen-bond acceptors (Lipinski definition) is 3. The normalized spacial score (nSPS) is 22.1. The van der Waals surface area contributed by atoms with Gasteiger partial charge in [0.05, 0.1) is 6.61 Å². The second kappa shape index (κ2) is 7.03. The molecular weight excluding hydrogens is 272 g/mol. The van der Waals surface area contributed by atoms with E-state index in [2.05, 4.69) is 41.5 Å². The Bertz CT molecular complexity index is 576. The molecule has 22 heavy (non-hydrogen) atoms. The highest BCUT2D eigenvalue weighted by molar-refractivity contribution is 5.27. The van der Waals surface area contributed by atoms with E-state index in [9.17, 15) is 5.11 Å². The van der Waals surface area contributed by atoms with Crippen LogP contribution in [0.4, 0.5) is 0 Å². The van der Waals surface area contributed by atoms with E-state index in [1.807, 2.05) is 18.3 Å². The van der Waals surface area contributed by atoms with E-state index in [4.69, 9.17) is 0 Å². The monoisotopic (exact) mass is 296 g/mol. The molecule has 1 atom stereocenters. The number of pyridine rings is 1. The van der Waals surface area contributed by atoms with Crippen LogP contribution in [-0.2, 0) is 0 Å². The minimum atomic E-state index is 0.132. The van der Waals surface area contributed by atoms with E-state index in [-0.39, 0.29) is 12.5 Å². The van der Waals surface area contributed by atoms with Gasteiger partial charge in [-0.15, -0.1) is 0 Å². The molecule has 1 aromatic heterocycles. The van der Waals surface area contributed by atoms with Crippen LogP contribution in [0.1, 0.15) is 41.4 Å². The molecule has 0 amide bonds. The number of aliphatic hydroxyl groups is 1. The quantitative estimate of drug-likeness (QED) is 0.861. The molecule has 1 aromatic carbocycles. The smallest absolute Gasteiger partial charge is 0.0512 e. The fraction of sp³-hybridized carbons (Fsp3) is 0.421. The molecule has 2 N–H and O–H groups in total. The second-order valence-electron chi connectivity index (χ2n) is 6.35. The molecular formula is C19H24N2O. The lowest BCUT2D eigenvalue weighted by atomic mass is 9.75. The molecule has 0 radical (unpaired) electrons. The van der Waals surface area contributed by atoms with Gasteiger partial charge in [0.1, 0.15) is 0 Å². The molecule has 1 aliphatic carbocycles. The molecule has 0 aliphatic heterocycles. The Morgan fingerprint density at radius 1 is 1.23 bits per heavy atom. The lowest BCUT2D eigenvalue weighted by Gasteiger charge is -2.37. The first-order valence-corrected chi connectivity index (χ1v) is 8.07. The summed E-state index contributed by atoms with van der Waals surface area (Å²) >= 11 is 0. The van der Waals surface area contributed by atoms with Crippen molar-refractivity contribution in [1.29, 1.82) is 0 Å². The Labute approximate surface area is 132 Å². The summed E-state index contributed by atoms with van der Waals surface area (Å²) in [4.78, 5) is 4.13. The average molecular weight is 296 g/mol. The Kier molecular flexibility index (Phi) is 4.86. The predicted octanol–water partition coefficient (Wildman–Crippen LogP) is 3.00. The maximum atomic E-state index is 9.57. The van der Waals surface area contributed by atoms with Gasteiger partial charge < -0.3 is 10.4 Å². The van der Waals surface area contributed by atoms with Crippen LogP contribution in [0.5, 0.6) is 0 Å². The van der Waals surface area contributed by atoms with E-state index in [1.165, 1.54) is 24.0 Å². The number of aryl methyl sites for hydroxylation is 1. The summed E-state index contributed by atoms with van der Waals surface area (Å²) in [6.45, 7) is 3.10. The molecule has 116 valence electrons. The number of aliphatic hydroxyl groups excluding tert-OH is 1. The summed E-state index contributed by atoms with van der Waals surface area (Å²) in [5, 5.41) is 13.2. The van der Waals surface area contributed by atoms with Gasteiger partial charge >= 0.3 is 0 Å². The Balaban J connectivity index is 1.47. The van der Waals surface area contributed by atoms with Gasteiger partial charge in [-0.2, -0.15) is 0 Å². The molecule has 0 saturated heterocycles. The van der Waals surface area contributed by atoms with E-state index in [0.29, 0.717) is 12.0 Å². The van der Waals surface area contributed by atoms with Crippen molar-refractivity contribution in [3.63, 3.8) is 0 Å². The van der Waals surface area contributed by atoms with Gasteiger partial charge in [-0.05, 0) is 42.9 Å². The molecule has 3 nitrogen and oxygen atoms in total. The fourth-order valence-electron chi connectivity index (χ4n) is 3.11. The summed E-state index contributed by atoms with van der Waals surface area (Å²) in [5.74, 6) is 0.816. The third-order valence-corrected chi connectivity index (χ3v) is 4.72. The highest BCUT2D eigenvalue weighted by atomic mass is 16.3. The van der Waals surface area contributed by atoms with E-state index in [1.54, 1.807) is 6.20 Å². The summed E-state index contributed by atoms with van der Waals surface area (Å²) in [7, 11) is 0. The minimum absolute atomic E-state index is 0.132. The van der Waals surface area contributed by atoms with Crippen LogP contribution in [0.2, 0.25) is 0 Å². The van der Waals surface area contributed by atoms with Gasteiger partial charge in [-0.1, -0.05) is 35.9 Å². The second-order valence-corrected chi connectivity index (χ2v) is 6.35. The van der Waals surface area contributed by atoms with Gasteiger partial charge in [0.2, 0.25) is 0 Å². The van der Waals surface area contributed by atoms with Crippen LogP contribution in [-0.4, -0.2) is 29.3 Å². The molecule has 3 heteroatoms. The molecule has 0 bridgehead atoms. The molecule has 1 aliphatic rings. The Morgan fingerprint density at radius 2 is 2.00 bits per heavy atom. The third-order valence-electron chi connectivity index (χ3n) is 4.72. The maximum absolute atomic E-state index is 9.57. The van der Waals surface area contributed by atoms with Crippen LogP contribution in [0.15, 0.2) is 48.8 Å². The van der Waals surface area contributed by atoms with Gasteiger partial charge in [-0.3, -0.25) is 4.98 Å². The van der Waals surface area contributed by atoms with Crippen LogP contribution in [0.25, 0.3) is 0 Å². The number of rotatable bonds is 6. The van der Waals surface area contributed by atoms with Gasteiger partial charge in [0.25, 0.3) is 0 Å². The van der Waals surface area contributed by atoms with Crippen LogP contribution >= 0.6 is 0 Å². The van der Waals surface area contributed by atoms with Crippen molar-refractivity contribution in [1.82, 2.24) is 10.3 Å². The topological polar surface area (TPSA) is 45.1 Å². The van der Waals surface area contributed by atoms with Crippen molar-refractivity contribution in [2.24, 2.45) is 0 Å². The van der Waals surface area contributed by atoms with Crippen molar-refractivity contribution < 1.29 is 5.11 Å². The average Bonchev–Trinajstić information content (AvgIpc) is 2.52. The highest BCUT2D eigenvalue weighted by Gasteiger charge is 2.30. The van der Waals surface area contributed by atoms with Crippen molar-refractivity contribution in [3.05, 3.63) is 65.5 Å². The van der Waals surface area contributed by atoms with Gasteiger partial charge in [0, 0.05) is 30.9 Å². The van der Waals surface area contributed by atoms with E-state index < -0.39 is 0 Å². The lowest BCUT2D eigenvalue weighted by Crippen LogP contribution is -2.42. The number of nitrogens with zero attached hydrogens (tertiary/aromatic N) is 1. The van der Waals surface area contributed by atoms with E-state index >= 15 is 0 Å². The first kappa shape index (κ1) is 15.2. The van der Waals surface area contributed by atoms with Crippen LogP contribution in [0, 0.1) is 6.92 Å². The fourth-order valence-corrected chi connectivity index (χ4v) is 3.11. The number of benzene rings is 1. The van der Waals surface area contributed by atoms with Gasteiger partial charge in [-0.25, -0.2) is 0 Å². The van der Waals surface area contributed by atoms with Crippen molar-refractivity contribution in [2.45, 2.75) is 37.6 Å². The van der Waals surface area contributed by atoms with Crippen molar-refractivity contribution in [3.8, 4) is 0 Å². The molecule has 1 heterocycles. The Hall–Kier alpha value is -1.71. The highest BCUT2D eigenvalue weighted by Crippen LogP contribution is 2.37. The largest absolute Gasteiger partial charge is 0.396 e. The molecule has 1 unspecified atom stereocenters. The number of hydrogen-bond donors (Lipinski definition) is 2. The summed E-state index contributed by atoms with van der Waals surface area (Å²) < 4.78 is 0. The summed E-state index contributed by atoms with van der Waals surface area (Å²) in [6.07, 6.45) is 5.99. The van der Waals surface area contributed by atoms with Crippen molar-refractivity contribution in [2.75, 3.05) is 13.2 Å². The summed E-state index contributed by atoms with van der Waals surface area (Å²) in [5.41, 5.74) is 3.88. The maximum Gasteiger partial charge on any atom is 0.0512 e. The molecule has 2 aromatic rings. The van der Waals surface area contributed by atoms with Crippen LogP contribution in [0.3, 0.4) is 0 Å². The zero-order chi connectivity index (χ0) is 15.4. The lowest BCUT2D eigenvalue weighted by molar-refractivity contribution is 0.238.